The second-order valence-electron chi connectivity index (χ2n) is 4.23. The van der Waals surface area contributed by atoms with Crippen LogP contribution in [0.3, 0.4) is 0 Å². The van der Waals surface area contributed by atoms with Gasteiger partial charge in [-0.3, -0.25) is 4.98 Å². The quantitative estimate of drug-likeness (QED) is 0.519. The largest absolute Gasteiger partial charge is 0.485 e. The van der Waals surface area contributed by atoms with Crippen molar-refractivity contribution in [2.45, 2.75) is 31.3 Å². The summed E-state index contributed by atoms with van der Waals surface area (Å²) in [5, 5.41) is 12.4. The van der Waals surface area contributed by atoms with Gasteiger partial charge in [-0.2, -0.15) is 0 Å². The zero-order valence-electron chi connectivity index (χ0n) is 8.31. The molecule has 1 aliphatic heterocycles. The van der Waals surface area contributed by atoms with Gasteiger partial charge in [-0.15, -0.1) is 0 Å². The molecule has 0 unspecified atom stereocenters. The Morgan fingerprint density at radius 1 is 1.47 bits per heavy atom. The first-order chi connectivity index (χ1) is 7.33. The number of hydrogen-bond donors (Lipinski definition) is 1. The third-order valence-corrected chi connectivity index (χ3v) is 3.30. The van der Waals surface area contributed by atoms with Crippen molar-refractivity contribution in [3.63, 3.8) is 0 Å². The minimum atomic E-state index is -0.113. The molecule has 0 saturated heterocycles. The van der Waals surface area contributed by atoms with Gasteiger partial charge < -0.3 is 9.94 Å². The van der Waals surface area contributed by atoms with E-state index in [0.717, 1.165) is 29.9 Å². The predicted octanol–water partition coefficient (Wildman–Crippen LogP) is 1.97. The molecule has 3 rings (SSSR count). The molecule has 1 saturated carbocycles. The highest BCUT2D eigenvalue weighted by atomic mass is 16.5. The smallest absolute Gasteiger partial charge is 0.147 e. The summed E-state index contributed by atoms with van der Waals surface area (Å²) in [5.41, 5.74) is 1.47. The fraction of sp³-hybridized carbons (Fsp3) is 0.455. The van der Waals surface area contributed by atoms with Crippen molar-refractivity contribution in [2.24, 2.45) is 5.16 Å². The third-order valence-electron chi connectivity index (χ3n) is 3.30. The average Bonchev–Trinajstić information content (AvgIpc) is 2.25. The number of aromatic nitrogens is 1. The Labute approximate surface area is 87.6 Å². The lowest BCUT2D eigenvalue weighted by Gasteiger charge is -2.44. The summed E-state index contributed by atoms with van der Waals surface area (Å²) in [6.07, 6.45) is 7.36. The van der Waals surface area contributed by atoms with Gasteiger partial charge in [0.2, 0.25) is 0 Å². The van der Waals surface area contributed by atoms with Crippen molar-refractivity contribution in [3.8, 4) is 5.75 Å². The van der Waals surface area contributed by atoms with Gasteiger partial charge in [-0.05, 0) is 25.3 Å². The fourth-order valence-electron chi connectivity index (χ4n) is 2.31. The molecular weight excluding hydrogens is 192 g/mol. The Hall–Kier alpha value is -1.58. The number of rotatable bonds is 0. The summed E-state index contributed by atoms with van der Waals surface area (Å²) in [7, 11) is 0. The molecule has 1 N–H and O–H groups in total. The molecule has 1 spiro atoms. The predicted molar refractivity (Wildman–Crippen MR) is 54.4 cm³/mol. The molecule has 1 aliphatic carbocycles. The standard InChI is InChI=1S/C11H12N2O2/c14-13-9-6-11(3-1-4-11)15-10-7-12-5-2-8(9)10/h2,5,7,14H,1,3-4,6H2/b13-9+. The topological polar surface area (TPSA) is 54.7 Å². The van der Waals surface area contributed by atoms with E-state index in [1.165, 1.54) is 6.42 Å². The molecule has 1 aromatic heterocycles. The fourth-order valence-corrected chi connectivity index (χ4v) is 2.31. The Balaban J connectivity index is 2.07. The molecule has 0 aromatic carbocycles. The Morgan fingerprint density at radius 3 is 3.00 bits per heavy atom. The van der Waals surface area contributed by atoms with Crippen LogP contribution in [0, 0.1) is 0 Å². The Morgan fingerprint density at radius 2 is 2.33 bits per heavy atom. The van der Waals surface area contributed by atoms with Gasteiger partial charge in [-0.25, -0.2) is 0 Å². The van der Waals surface area contributed by atoms with Crippen LogP contribution in [-0.2, 0) is 0 Å². The first-order valence-corrected chi connectivity index (χ1v) is 5.17. The van der Waals surface area contributed by atoms with Crippen LogP contribution in [-0.4, -0.2) is 21.5 Å². The summed E-state index contributed by atoms with van der Waals surface area (Å²) in [4.78, 5) is 4.03. The van der Waals surface area contributed by atoms with Crippen LogP contribution >= 0.6 is 0 Å². The molecule has 2 aliphatic rings. The van der Waals surface area contributed by atoms with E-state index in [1.807, 2.05) is 6.07 Å². The van der Waals surface area contributed by atoms with E-state index < -0.39 is 0 Å². The number of ether oxygens (including phenoxy) is 1. The Bertz CT molecular complexity index is 424. The Kier molecular flexibility index (Phi) is 1.71. The van der Waals surface area contributed by atoms with Gasteiger partial charge in [0.25, 0.3) is 0 Å². The number of oxime groups is 1. The van der Waals surface area contributed by atoms with E-state index in [4.69, 9.17) is 9.94 Å². The number of nitrogens with zero attached hydrogens (tertiary/aromatic N) is 2. The maximum atomic E-state index is 9.00. The zero-order valence-corrected chi connectivity index (χ0v) is 8.31. The first kappa shape index (κ1) is 8.71. The van der Waals surface area contributed by atoms with Gasteiger partial charge >= 0.3 is 0 Å². The summed E-state index contributed by atoms with van der Waals surface area (Å²) < 4.78 is 5.93. The molecule has 2 heterocycles. The summed E-state index contributed by atoms with van der Waals surface area (Å²) in [6.45, 7) is 0. The molecule has 1 aromatic rings. The van der Waals surface area contributed by atoms with Crippen LogP contribution in [0.2, 0.25) is 0 Å². The number of hydrogen-bond acceptors (Lipinski definition) is 4. The van der Waals surface area contributed by atoms with Gasteiger partial charge in [0.15, 0.2) is 0 Å². The maximum absolute atomic E-state index is 9.00. The molecule has 0 atom stereocenters. The van der Waals surface area contributed by atoms with Crippen LogP contribution < -0.4 is 4.74 Å². The van der Waals surface area contributed by atoms with Gasteiger partial charge in [0, 0.05) is 18.2 Å². The SMILES string of the molecule is O/N=C1\CC2(CCC2)Oc2cnccc21. The highest BCUT2D eigenvalue weighted by Crippen LogP contribution is 2.44. The van der Waals surface area contributed by atoms with E-state index in [9.17, 15) is 0 Å². The normalized spacial score (nSPS) is 24.4. The van der Waals surface area contributed by atoms with Crippen molar-refractivity contribution < 1.29 is 9.94 Å². The average molecular weight is 204 g/mol. The minimum absolute atomic E-state index is 0.113. The number of pyridine rings is 1. The van der Waals surface area contributed by atoms with E-state index in [1.54, 1.807) is 12.4 Å². The maximum Gasteiger partial charge on any atom is 0.147 e. The van der Waals surface area contributed by atoms with Crippen molar-refractivity contribution in [3.05, 3.63) is 24.0 Å². The minimum Gasteiger partial charge on any atom is -0.485 e. The van der Waals surface area contributed by atoms with E-state index in [-0.39, 0.29) is 5.60 Å². The van der Waals surface area contributed by atoms with Crippen LogP contribution in [0.4, 0.5) is 0 Å². The molecule has 78 valence electrons. The van der Waals surface area contributed by atoms with Crippen LogP contribution in [0.1, 0.15) is 31.2 Å². The third kappa shape index (κ3) is 1.21. The van der Waals surface area contributed by atoms with E-state index in [0.29, 0.717) is 6.42 Å². The summed E-state index contributed by atoms with van der Waals surface area (Å²) in [5.74, 6) is 0.747. The molecule has 1 fully saturated rings. The molecule has 0 radical (unpaired) electrons. The second kappa shape index (κ2) is 2.95. The molecule has 0 amide bonds. The van der Waals surface area contributed by atoms with Crippen LogP contribution in [0.25, 0.3) is 0 Å². The van der Waals surface area contributed by atoms with Crippen LogP contribution in [0.5, 0.6) is 5.75 Å². The van der Waals surface area contributed by atoms with Crippen molar-refractivity contribution in [2.75, 3.05) is 0 Å². The summed E-state index contributed by atoms with van der Waals surface area (Å²) >= 11 is 0. The van der Waals surface area contributed by atoms with Gasteiger partial charge in [-0.1, -0.05) is 5.16 Å². The lowest BCUT2D eigenvalue weighted by atomic mass is 9.74. The molecule has 4 heteroatoms. The molecule has 0 bridgehead atoms. The van der Waals surface area contributed by atoms with Gasteiger partial charge in [0.05, 0.1) is 11.9 Å². The van der Waals surface area contributed by atoms with Gasteiger partial charge in [0.1, 0.15) is 11.4 Å². The molecular formula is C11H12N2O2. The second-order valence-corrected chi connectivity index (χ2v) is 4.23. The van der Waals surface area contributed by atoms with Crippen molar-refractivity contribution in [1.82, 2.24) is 4.98 Å². The molecule has 15 heavy (non-hydrogen) atoms. The highest BCUT2D eigenvalue weighted by Gasteiger charge is 2.44. The zero-order chi connectivity index (χ0) is 10.3. The first-order valence-electron chi connectivity index (χ1n) is 5.17. The van der Waals surface area contributed by atoms with Crippen LogP contribution in [0.15, 0.2) is 23.6 Å². The van der Waals surface area contributed by atoms with Crippen molar-refractivity contribution >= 4 is 5.71 Å². The number of fused-ring (bicyclic) bond motifs is 1. The lowest BCUT2D eigenvalue weighted by molar-refractivity contribution is -0.00577. The van der Waals surface area contributed by atoms with E-state index in [2.05, 4.69) is 10.1 Å². The summed E-state index contributed by atoms with van der Waals surface area (Å²) in [6, 6.07) is 1.83. The lowest BCUT2D eigenvalue weighted by Crippen LogP contribution is -2.47. The highest BCUT2D eigenvalue weighted by molar-refractivity contribution is 6.04. The van der Waals surface area contributed by atoms with Crippen molar-refractivity contribution in [1.29, 1.82) is 0 Å². The molecule has 4 nitrogen and oxygen atoms in total. The van der Waals surface area contributed by atoms with E-state index >= 15 is 0 Å². The monoisotopic (exact) mass is 204 g/mol.